The topological polar surface area (TPSA) is 70.5 Å². The smallest absolute Gasteiger partial charge is 0.303 e. The van der Waals surface area contributed by atoms with Gasteiger partial charge >= 0.3 is 5.97 Å². The van der Waals surface area contributed by atoms with Gasteiger partial charge in [-0.3, -0.25) is 14.6 Å². The van der Waals surface area contributed by atoms with Gasteiger partial charge in [0.25, 0.3) is 5.91 Å². The zero-order valence-electron chi connectivity index (χ0n) is 10.4. The van der Waals surface area contributed by atoms with E-state index in [-0.39, 0.29) is 17.9 Å². The summed E-state index contributed by atoms with van der Waals surface area (Å²) in [4.78, 5) is 28.0. The molecular formula is C13H15FN2O3. The lowest BCUT2D eigenvalue weighted by Gasteiger charge is -2.32. The van der Waals surface area contributed by atoms with Gasteiger partial charge in [0.2, 0.25) is 0 Å². The average Bonchev–Trinajstić information content (AvgIpc) is 2.38. The molecule has 1 aromatic rings. The summed E-state index contributed by atoms with van der Waals surface area (Å²) >= 11 is 0. The number of carbonyl (C=O) groups excluding carboxylic acids is 1. The van der Waals surface area contributed by atoms with Crippen molar-refractivity contribution in [1.29, 1.82) is 0 Å². The van der Waals surface area contributed by atoms with Crippen molar-refractivity contribution >= 4 is 11.9 Å². The first-order valence-electron chi connectivity index (χ1n) is 6.18. The number of pyridine rings is 1. The molecule has 0 saturated carbocycles. The van der Waals surface area contributed by atoms with Crippen molar-refractivity contribution in [3.63, 3.8) is 0 Å². The third kappa shape index (κ3) is 3.27. The maximum absolute atomic E-state index is 13.5. The van der Waals surface area contributed by atoms with Crippen molar-refractivity contribution in [2.45, 2.75) is 19.3 Å². The van der Waals surface area contributed by atoms with Crippen LogP contribution in [0.2, 0.25) is 0 Å². The monoisotopic (exact) mass is 266 g/mol. The number of rotatable bonds is 3. The molecule has 0 spiro atoms. The first kappa shape index (κ1) is 13.5. The Bertz CT molecular complexity index is 493. The molecule has 1 aliphatic rings. The van der Waals surface area contributed by atoms with E-state index in [1.54, 1.807) is 0 Å². The molecule has 6 heteroatoms. The SMILES string of the molecule is O=C(O)CC1CCCN(C(=O)c2ccncc2F)C1. The summed E-state index contributed by atoms with van der Waals surface area (Å²) in [7, 11) is 0. The molecule has 19 heavy (non-hydrogen) atoms. The summed E-state index contributed by atoms with van der Waals surface area (Å²) in [6.07, 6.45) is 3.95. The number of piperidine rings is 1. The molecule has 5 nitrogen and oxygen atoms in total. The van der Waals surface area contributed by atoms with E-state index in [1.807, 2.05) is 0 Å². The number of carbonyl (C=O) groups is 2. The van der Waals surface area contributed by atoms with Crippen molar-refractivity contribution in [2.75, 3.05) is 13.1 Å². The average molecular weight is 266 g/mol. The second-order valence-electron chi connectivity index (χ2n) is 4.71. The highest BCUT2D eigenvalue weighted by Crippen LogP contribution is 2.21. The predicted octanol–water partition coefficient (Wildman–Crippen LogP) is 1.55. The predicted molar refractivity (Wildman–Crippen MR) is 65.1 cm³/mol. The van der Waals surface area contributed by atoms with Crippen molar-refractivity contribution in [2.24, 2.45) is 5.92 Å². The maximum atomic E-state index is 13.5. The van der Waals surface area contributed by atoms with Gasteiger partial charge in [-0.1, -0.05) is 0 Å². The summed E-state index contributed by atoms with van der Waals surface area (Å²) in [5, 5.41) is 8.78. The second kappa shape index (κ2) is 5.77. The highest BCUT2D eigenvalue weighted by molar-refractivity contribution is 5.94. The number of carboxylic acid groups (broad SMARTS) is 1. The van der Waals surface area contributed by atoms with Crippen LogP contribution in [0.4, 0.5) is 4.39 Å². The number of aromatic nitrogens is 1. The van der Waals surface area contributed by atoms with Gasteiger partial charge in [-0.05, 0) is 24.8 Å². The Hall–Kier alpha value is -1.98. The van der Waals surface area contributed by atoms with Crippen molar-refractivity contribution in [3.05, 3.63) is 29.8 Å². The van der Waals surface area contributed by atoms with E-state index >= 15 is 0 Å². The number of amides is 1. The van der Waals surface area contributed by atoms with E-state index < -0.39 is 17.7 Å². The van der Waals surface area contributed by atoms with E-state index in [0.717, 1.165) is 19.0 Å². The molecule has 1 amide bonds. The minimum atomic E-state index is -0.866. The molecule has 1 fully saturated rings. The van der Waals surface area contributed by atoms with Gasteiger partial charge in [-0.2, -0.15) is 0 Å². The highest BCUT2D eigenvalue weighted by atomic mass is 19.1. The fourth-order valence-corrected chi connectivity index (χ4v) is 2.38. The molecule has 2 rings (SSSR count). The third-order valence-electron chi connectivity index (χ3n) is 3.27. The Morgan fingerprint density at radius 1 is 1.53 bits per heavy atom. The first-order valence-corrected chi connectivity index (χ1v) is 6.18. The molecule has 1 atom stereocenters. The quantitative estimate of drug-likeness (QED) is 0.901. The fraction of sp³-hybridized carbons (Fsp3) is 0.462. The van der Waals surface area contributed by atoms with Gasteiger partial charge < -0.3 is 10.0 Å². The number of hydrogen-bond donors (Lipinski definition) is 1. The van der Waals surface area contributed by atoms with Gasteiger partial charge in [0.15, 0.2) is 5.82 Å². The van der Waals surface area contributed by atoms with Crippen LogP contribution in [-0.4, -0.2) is 40.0 Å². The molecular weight excluding hydrogens is 251 g/mol. The van der Waals surface area contributed by atoms with Crippen LogP contribution < -0.4 is 0 Å². The molecule has 1 aliphatic heterocycles. The number of halogens is 1. The molecule has 0 bridgehead atoms. The van der Waals surface area contributed by atoms with Crippen LogP contribution in [0.25, 0.3) is 0 Å². The minimum Gasteiger partial charge on any atom is -0.481 e. The van der Waals surface area contributed by atoms with Crippen LogP contribution in [0, 0.1) is 11.7 Å². The molecule has 1 aromatic heterocycles. The number of hydrogen-bond acceptors (Lipinski definition) is 3. The molecule has 1 saturated heterocycles. The van der Waals surface area contributed by atoms with Crippen LogP contribution in [0.3, 0.4) is 0 Å². The van der Waals surface area contributed by atoms with Crippen molar-refractivity contribution in [1.82, 2.24) is 9.88 Å². The molecule has 102 valence electrons. The summed E-state index contributed by atoms with van der Waals surface area (Å²) < 4.78 is 13.5. The number of aliphatic carboxylic acids is 1. The van der Waals surface area contributed by atoms with Gasteiger partial charge in [-0.15, -0.1) is 0 Å². The van der Waals surface area contributed by atoms with E-state index in [1.165, 1.54) is 17.2 Å². The zero-order valence-corrected chi connectivity index (χ0v) is 10.4. The summed E-state index contributed by atoms with van der Waals surface area (Å²) in [6, 6.07) is 1.35. The summed E-state index contributed by atoms with van der Waals surface area (Å²) in [5.74, 6) is -1.96. The normalized spacial score (nSPS) is 19.2. The standard InChI is InChI=1S/C13H15FN2O3/c14-11-7-15-4-3-10(11)13(19)16-5-1-2-9(8-16)6-12(17)18/h3-4,7,9H,1-2,5-6,8H2,(H,17,18). The van der Waals surface area contributed by atoms with E-state index in [0.29, 0.717) is 13.1 Å². The highest BCUT2D eigenvalue weighted by Gasteiger charge is 2.27. The van der Waals surface area contributed by atoms with Crippen molar-refractivity contribution < 1.29 is 19.1 Å². The Balaban J connectivity index is 2.07. The van der Waals surface area contributed by atoms with Gasteiger partial charge in [0.05, 0.1) is 11.8 Å². The maximum Gasteiger partial charge on any atom is 0.303 e. The number of likely N-dealkylation sites (tertiary alicyclic amines) is 1. The number of nitrogens with zero attached hydrogens (tertiary/aromatic N) is 2. The fourth-order valence-electron chi connectivity index (χ4n) is 2.38. The third-order valence-corrected chi connectivity index (χ3v) is 3.27. The van der Waals surface area contributed by atoms with Crippen LogP contribution in [0.1, 0.15) is 29.6 Å². The molecule has 0 aromatic carbocycles. The van der Waals surface area contributed by atoms with Gasteiger partial charge in [0, 0.05) is 25.7 Å². The molecule has 0 radical (unpaired) electrons. The lowest BCUT2D eigenvalue weighted by Crippen LogP contribution is -2.40. The molecule has 1 unspecified atom stereocenters. The Kier molecular flexibility index (Phi) is 4.09. The van der Waals surface area contributed by atoms with Crippen molar-refractivity contribution in [3.8, 4) is 0 Å². The van der Waals surface area contributed by atoms with E-state index in [9.17, 15) is 14.0 Å². The Labute approximate surface area is 110 Å². The Morgan fingerprint density at radius 2 is 2.32 bits per heavy atom. The second-order valence-corrected chi connectivity index (χ2v) is 4.71. The number of carboxylic acids is 1. The van der Waals surface area contributed by atoms with Gasteiger partial charge in [0.1, 0.15) is 0 Å². The zero-order chi connectivity index (χ0) is 13.8. The Morgan fingerprint density at radius 3 is 3.00 bits per heavy atom. The van der Waals surface area contributed by atoms with Crippen LogP contribution in [0.5, 0.6) is 0 Å². The van der Waals surface area contributed by atoms with Crippen LogP contribution in [0.15, 0.2) is 18.5 Å². The summed E-state index contributed by atoms with van der Waals surface area (Å²) in [5.41, 5.74) is -0.00836. The lowest BCUT2D eigenvalue weighted by atomic mass is 9.94. The molecule has 1 N–H and O–H groups in total. The lowest BCUT2D eigenvalue weighted by molar-refractivity contribution is -0.138. The van der Waals surface area contributed by atoms with Gasteiger partial charge in [-0.25, -0.2) is 4.39 Å². The minimum absolute atomic E-state index is 0.00836. The van der Waals surface area contributed by atoms with E-state index in [2.05, 4.69) is 4.98 Å². The molecule has 0 aliphatic carbocycles. The largest absolute Gasteiger partial charge is 0.481 e. The molecule has 2 heterocycles. The summed E-state index contributed by atoms with van der Waals surface area (Å²) in [6.45, 7) is 0.906. The van der Waals surface area contributed by atoms with E-state index in [4.69, 9.17) is 5.11 Å². The first-order chi connectivity index (χ1) is 9.08. The van der Waals surface area contributed by atoms with Crippen LogP contribution >= 0.6 is 0 Å². The van der Waals surface area contributed by atoms with Crippen LogP contribution in [-0.2, 0) is 4.79 Å².